The number of nitrogens with zero attached hydrogens (tertiary/aromatic N) is 2. The van der Waals surface area contributed by atoms with E-state index in [9.17, 15) is 8.42 Å². The van der Waals surface area contributed by atoms with Gasteiger partial charge in [-0.2, -0.15) is 0 Å². The molecule has 0 spiro atoms. The topological polar surface area (TPSA) is 52.0 Å². The van der Waals surface area contributed by atoms with Gasteiger partial charge in [0.2, 0.25) is 0 Å². The van der Waals surface area contributed by atoms with Crippen LogP contribution < -0.4 is 0 Å². The number of benzene rings is 1. The van der Waals surface area contributed by atoms with Gasteiger partial charge in [-0.15, -0.1) is 11.6 Å². The maximum atomic E-state index is 11.9. The summed E-state index contributed by atoms with van der Waals surface area (Å²) in [7, 11) is -3.24. The molecular formula is C13H15Cl3N2O2S. The predicted molar refractivity (Wildman–Crippen MR) is 88.2 cm³/mol. The largest absolute Gasteiger partial charge is 0.325 e. The van der Waals surface area contributed by atoms with Crippen molar-refractivity contribution in [3.8, 4) is 0 Å². The number of aromatic nitrogens is 2. The van der Waals surface area contributed by atoms with Crippen LogP contribution >= 0.6 is 34.8 Å². The van der Waals surface area contributed by atoms with Crippen molar-refractivity contribution in [3.63, 3.8) is 0 Å². The third-order valence-corrected chi connectivity index (χ3v) is 6.63. The molecule has 0 saturated heterocycles. The standard InChI is InChI=1S/C13H15Cl3N2O2S/c1-13(2,21(3,19)20)7-18-11-5-9(16)8(15)4-10(11)17-12(18)6-14/h4-5H,6-7H2,1-3H3. The highest BCUT2D eigenvalue weighted by molar-refractivity contribution is 7.92. The van der Waals surface area contributed by atoms with E-state index in [2.05, 4.69) is 4.98 Å². The van der Waals surface area contributed by atoms with E-state index in [0.717, 1.165) is 5.52 Å². The Balaban J connectivity index is 2.65. The molecule has 1 aromatic carbocycles. The molecule has 2 rings (SSSR count). The Hall–Kier alpha value is -0.490. The normalized spacial score (nSPS) is 13.0. The Kier molecular flexibility index (Phi) is 4.51. The summed E-state index contributed by atoms with van der Waals surface area (Å²) in [6.45, 7) is 3.58. The van der Waals surface area contributed by atoms with E-state index in [1.165, 1.54) is 6.26 Å². The van der Waals surface area contributed by atoms with Crippen molar-refractivity contribution < 1.29 is 8.42 Å². The van der Waals surface area contributed by atoms with Gasteiger partial charge in [-0.3, -0.25) is 0 Å². The van der Waals surface area contributed by atoms with Gasteiger partial charge in [0.15, 0.2) is 9.84 Å². The van der Waals surface area contributed by atoms with Gasteiger partial charge in [0.05, 0.1) is 31.7 Å². The molecule has 0 radical (unpaired) electrons. The van der Waals surface area contributed by atoms with Gasteiger partial charge in [0, 0.05) is 12.8 Å². The van der Waals surface area contributed by atoms with E-state index >= 15 is 0 Å². The number of halogens is 3. The molecule has 0 amide bonds. The molecule has 0 saturated carbocycles. The first-order valence-corrected chi connectivity index (χ1v) is 9.35. The summed E-state index contributed by atoms with van der Waals surface area (Å²) in [5, 5.41) is 0.793. The van der Waals surface area contributed by atoms with Gasteiger partial charge in [-0.05, 0) is 26.0 Å². The van der Waals surface area contributed by atoms with E-state index in [4.69, 9.17) is 34.8 Å². The zero-order valence-corrected chi connectivity index (χ0v) is 14.9. The second-order valence-electron chi connectivity index (χ2n) is 5.53. The van der Waals surface area contributed by atoms with Crippen LogP contribution in [-0.4, -0.2) is 29.0 Å². The number of hydrogen-bond donors (Lipinski definition) is 0. The van der Waals surface area contributed by atoms with Gasteiger partial charge < -0.3 is 4.57 Å². The van der Waals surface area contributed by atoms with E-state index in [-0.39, 0.29) is 12.4 Å². The molecule has 0 aliphatic carbocycles. The van der Waals surface area contributed by atoms with E-state index < -0.39 is 14.6 Å². The summed E-state index contributed by atoms with van der Waals surface area (Å²) >= 11 is 18.0. The van der Waals surface area contributed by atoms with Crippen molar-refractivity contribution >= 4 is 55.7 Å². The van der Waals surface area contributed by atoms with Gasteiger partial charge in [-0.25, -0.2) is 13.4 Å². The smallest absolute Gasteiger partial charge is 0.154 e. The average Bonchev–Trinajstić information content (AvgIpc) is 2.66. The Morgan fingerprint density at radius 1 is 1.24 bits per heavy atom. The number of fused-ring (bicyclic) bond motifs is 1. The third-order valence-electron chi connectivity index (χ3n) is 3.53. The number of sulfone groups is 1. The Morgan fingerprint density at radius 3 is 2.33 bits per heavy atom. The van der Waals surface area contributed by atoms with Crippen molar-refractivity contribution in [1.29, 1.82) is 0 Å². The molecule has 0 aliphatic heterocycles. The highest BCUT2D eigenvalue weighted by Gasteiger charge is 2.32. The lowest BCUT2D eigenvalue weighted by atomic mass is 10.2. The van der Waals surface area contributed by atoms with Crippen molar-refractivity contribution in [2.24, 2.45) is 0 Å². The minimum atomic E-state index is -3.24. The van der Waals surface area contributed by atoms with Gasteiger partial charge >= 0.3 is 0 Å². The monoisotopic (exact) mass is 368 g/mol. The lowest BCUT2D eigenvalue weighted by Gasteiger charge is -2.24. The average molecular weight is 370 g/mol. The van der Waals surface area contributed by atoms with Crippen molar-refractivity contribution in [2.45, 2.75) is 31.0 Å². The molecule has 2 aromatic rings. The summed E-state index contributed by atoms with van der Waals surface area (Å²) in [4.78, 5) is 4.39. The van der Waals surface area contributed by atoms with Crippen LogP contribution in [0.4, 0.5) is 0 Å². The predicted octanol–water partition coefficient (Wildman–Crippen LogP) is 3.91. The molecule has 0 aliphatic rings. The van der Waals surface area contributed by atoms with Crippen molar-refractivity contribution in [2.75, 3.05) is 6.26 Å². The first-order valence-electron chi connectivity index (χ1n) is 6.16. The lowest BCUT2D eigenvalue weighted by Crippen LogP contribution is -2.36. The molecule has 0 bridgehead atoms. The fourth-order valence-electron chi connectivity index (χ4n) is 1.95. The van der Waals surface area contributed by atoms with Crippen LogP contribution in [0.15, 0.2) is 12.1 Å². The first kappa shape index (κ1) is 16.9. The van der Waals surface area contributed by atoms with E-state index in [1.54, 1.807) is 30.5 Å². The molecule has 1 aromatic heterocycles. The second-order valence-corrected chi connectivity index (χ2v) is 9.27. The minimum Gasteiger partial charge on any atom is -0.325 e. The second kappa shape index (κ2) is 5.61. The van der Waals surface area contributed by atoms with Crippen LogP contribution in [0.25, 0.3) is 11.0 Å². The van der Waals surface area contributed by atoms with Crippen LogP contribution in [-0.2, 0) is 22.3 Å². The van der Waals surface area contributed by atoms with E-state index in [0.29, 0.717) is 21.4 Å². The van der Waals surface area contributed by atoms with Gasteiger partial charge in [-0.1, -0.05) is 23.2 Å². The Morgan fingerprint density at radius 2 is 1.81 bits per heavy atom. The Labute approximate surface area is 138 Å². The van der Waals surface area contributed by atoms with Crippen LogP contribution in [0.3, 0.4) is 0 Å². The summed E-state index contributed by atoms with van der Waals surface area (Å²) in [6, 6.07) is 3.33. The fraction of sp³-hybridized carbons (Fsp3) is 0.462. The van der Waals surface area contributed by atoms with Gasteiger partial charge in [0.1, 0.15) is 5.82 Å². The molecule has 1 heterocycles. The molecule has 8 heteroatoms. The van der Waals surface area contributed by atoms with Crippen molar-refractivity contribution in [1.82, 2.24) is 9.55 Å². The quantitative estimate of drug-likeness (QED) is 0.768. The van der Waals surface area contributed by atoms with Crippen LogP contribution in [0.5, 0.6) is 0 Å². The van der Waals surface area contributed by atoms with Crippen molar-refractivity contribution in [3.05, 3.63) is 28.0 Å². The van der Waals surface area contributed by atoms with Crippen LogP contribution in [0, 0.1) is 0 Å². The SMILES string of the molecule is CC(C)(Cn1c(CCl)nc2cc(Cl)c(Cl)cc21)S(C)(=O)=O. The maximum Gasteiger partial charge on any atom is 0.154 e. The lowest BCUT2D eigenvalue weighted by molar-refractivity contribution is 0.503. The zero-order chi connectivity index (χ0) is 16.0. The minimum absolute atomic E-state index is 0.170. The van der Waals surface area contributed by atoms with E-state index in [1.807, 2.05) is 0 Å². The highest BCUT2D eigenvalue weighted by Crippen LogP contribution is 2.30. The molecule has 4 nitrogen and oxygen atoms in total. The third kappa shape index (κ3) is 3.16. The molecule has 116 valence electrons. The summed E-state index contributed by atoms with van der Waals surface area (Å²) in [5.74, 6) is 0.755. The number of imidazole rings is 1. The molecule has 0 atom stereocenters. The molecule has 21 heavy (non-hydrogen) atoms. The summed E-state index contributed by atoms with van der Waals surface area (Å²) in [5.41, 5.74) is 1.36. The molecule has 0 unspecified atom stereocenters. The number of alkyl halides is 1. The summed E-state index contributed by atoms with van der Waals surface area (Å²) < 4.78 is 24.7. The maximum absolute atomic E-state index is 11.9. The molecular weight excluding hydrogens is 355 g/mol. The summed E-state index contributed by atoms with van der Waals surface area (Å²) in [6.07, 6.45) is 1.22. The first-order chi connectivity index (χ1) is 9.56. The highest BCUT2D eigenvalue weighted by atomic mass is 35.5. The Bertz CT molecular complexity index is 797. The fourth-order valence-corrected chi connectivity index (χ4v) is 2.83. The molecule has 0 N–H and O–H groups in total. The van der Waals surface area contributed by atoms with Crippen LogP contribution in [0.2, 0.25) is 10.0 Å². The van der Waals surface area contributed by atoms with Crippen LogP contribution in [0.1, 0.15) is 19.7 Å². The number of hydrogen-bond acceptors (Lipinski definition) is 3. The number of rotatable bonds is 4. The zero-order valence-electron chi connectivity index (χ0n) is 11.8. The molecule has 0 fully saturated rings. The van der Waals surface area contributed by atoms with Gasteiger partial charge in [0.25, 0.3) is 0 Å².